The maximum Gasteiger partial charge on any atom is 0.182 e. The second kappa shape index (κ2) is 5.08. The van der Waals surface area contributed by atoms with E-state index in [0.717, 1.165) is 16.6 Å². The molecule has 0 amide bonds. The first-order chi connectivity index (χ1) is 10.2. The fourth-order valence-electron chi connectivity index (χ4n) is 2.44. The van der Waals surface area contributed by atoms with Gasteiger partial charge in [0.1, 0.15) is 17.5 Å². The molecule has 104 valence electrons. The summed E-state index contributed by atoms with van der Waals surface area (Å²) in [5, 5.41) is 9.39. The Morgan fingerprint density at radius 3 is 2.81 bits per heavy atom. The van der Waals surface area contributed by atoms with Crippen molar-refractivity contribution in [1.29, 1.82) is 5.26 Å². The first kappa shape index (κ1) is 13.4. The summed E-state index contributed by atoms with van der Waals surface area (Å²) in [6, 6.07) is 13.6. The topological polar surface area (TPSA) is 53.7 Å². The Bertz CT molecular complexity index is 931. The molecule has 0 unspecified atom stereocenters. The highest BCUT2D eigenvalue weighted by atomic mass is 32.1. The van der Waals surface area contributed by atoms with Crippen LogP contribution >= 0.6 is 12.2 Å². The number of fused-ring (bicyclic) bond motifs is 1. The van der Waals surface area contributed by atoms with Gasteiger partial charge in [-0.25, -0.2) is 0 Å². The Balaban J connectivity index is 2.47. The summed E-state index contributed by atoms with van der Waals surface area (Å²) in [5.41, 5.74) is 4.18. The number of ether oxygens (including phenoxy) is 1. The van der Waals surface area contributed by atoms with E-state index in [2.05, 4.69) is 11.1 Å². The molecule has 0 fully saturated rings. The van der Waals surface area contributed by atoms with Crippen molar-refractivity contribution in [1.82, 2.24) is 9.55 Å². The minimum atomic E-state index is 0.521. The van der Waals surface area contributed by atoms with Crippen LogP contribution in [-0.4, -0.2) is 16.7 Å². The number of imidazole rings is 1. The van der Waals surface area contributed by atoms with Crippen LogP contribution < -0.4 is 4.74 Å². The highest BCUT2D eigenvalue weighted by molar-refractivity contribution is 7.71. The third-order valence-electron chi connectivity index (χ3n) is 3.40. The van der Waals surface area contributed by atoms with Crippen LogP contribution in [0.3, 0.4) is 0 Å². The minimum absolute atomic E-state index is 0.521. The maximum atomic E-state index is 9.39. The van der Waals surface area contributed by atoms with Gasteiger partial charge < -0.3 is 9.72 Å². The molecule has 0 radical (unpaired) electrons. The van der Waals surface area contributed by atoms with Crippen LogP contribution in [0.15, 0.2) is 36.4 Å². The summed E-state index contributed by atoms with van der Waals surface area (Å²) in [4.78, 5) is 3.17. The van der Waals surface area contributed by atoms with Crippen molar-refractivity contribution >= 4 is 23.3 Å². The van der Waals surface area contributed by atoms with E-state index in [0.29, 0.717) is 21.8 Å². The number of aryl methyl sites for hydroxylation is 1. The number of hydrogen-bond acceptors (Lipinski definition) is 3. The molecular weight excluding hydrogens is 282 g/mol. The van der Waals surface area contributed by atoms with Crippen molar-refractivity contribution in [3.63, 3.8) is 0 Å². The van der Waals surface area contributed by atoms with E-state index in [1.165, 1.54) is 0 Å². The van der Waals surface area contributed by atoms with E-state index in [1.807, 2.05) is 35.8 Å². The predicted octanol–water partition coefficient (Wildman–Crippen LogP) is 3.88. The fourth-order valence-corrected chi connectivity index (χ4v) is 2.74. The van der Waals surface area contributed by atoms with Gasteiger partial charge in [0, 0.05) is 0 Å². The zero-order valence-electron chi connectivity index (χ0n) is 11.7. The first-order valence-corrected chi connectivity index (χ1v) is 6.85. The van der Waals surface area contributed by atoms with Crippen LogP contribution in [0.2, 0.25) is 0 Å². The molecule has 0 saturated carbocycles. The fraction of sp³-hybridized carbons (Fsp3) is 0.125. The number of nitriles is 1. The van der Waals surface area contributed by atoms with Gasteiger partial charge in [0.15, 0.2) is 4.77 Å². The van der Waals surface area contributed by atoms with E-state index in [9.17, 15) is 5.26 Å². The van der Waals surface area contributed by atoms with Crippen LogP contribution in [0, 0.1) is 23.0 Å². The van der Waals surface area contributed by atoms with Crippen molar-refractivity contribution in [2.75, 3.05) is 7.11 Å². The number of nitrogens with one attached hydrogen (secondary N) is 1. The van der Waals surface area contributed by atoms with Gasteiger partial charge in [0.05, 0.1) is 23.7 Å². The largest absolute Gasteiger partial charge is 0.495 e. The molecule has 5 heteroatoms. The van der Waals surface area contributed by atoms with E-state index in [-0.39, 0.29) is 0 Å². The van der Waals surface area contributed by atoms with Crippen LogP contribution in [0.25, 0.3) is 16.7 Å². The summed E-state index contributed by atoms with van der Waals surface area (Å²) in [5.74, 6) is 0.618. The second-order valence-electron chi connectivity index (χ2n) is 4.75. The standard InChI is InChI=1S/C16H13N3OS/c1-10-6-7-12-13(8-10)19(16(21)18-12)15-11(9-17)4-3-5-14(15)20-2/h3-8H,1-2H3,(H,18,21). The third-order valence-corrected chi connectivity index (χ3v) is 3.69. The van der Waals surface area contributed by atoms with Crippen LogP contribution in [-0.2, 0) is 0 Å². The van der Waals surface area contributed by atoms with Crippen LogP contribution in [0.1, 0.15) is 11.1 Å². The molecule has 1 heterocycles. The molecule has 1 N–H and O–H groups in total. The normalized spacial score (nSPS) is 10.5. The van der Waals surface area contributed by atoms with Crippen molar-refractivity contribution in [2.45, 2.75) is 6.92 Å². The number of H-pyrrole nitrogens is 1. The molecule has 1 aromatic heterocycles. The Labute approximate surface area is 127 Å². The number of aromatic amines is 1. The number of hydrogen-bond donors (Lipinski definition) is 1. The van der Waals surface area contributed by atoms with Gasteiger partial charge >= 0.3 is 0 Å². The number of aromatic nitrogens is 2. The molecule has 0 aliphatic heterocycles. The molecule has 4 nitrogen and oxygen atoms in total. The minimum Gasteiger partial charge on any atom is -0.495 e. The average Bonchev–Trinajstić information content (AvgIpc) is 2.81. The molecule has 0 bridgehead atoms. The number of methoxy groups -OCH3 is 1. The highest BCUT2D eigenvalue weighted by Gasteiger charge is 2.15. The average molecular weight is 295 g/mol. The summed E-state index contributed by atoms with van der Waals surface area (Å²) in [7, 11) is 1.59. The van der Waals surface area contributed by atoms with Crippen molar-refractivity contribution in [3.8, 4) is 17.5 Å². The lowest BCUT2D eigenvalue weighted by atomic mass is 10.1. The molecule has 3 aromatic rings. The summed E-state index contributed by atoms with van der Waals surface area (Å²) >= 11 is 5.44. The zero-order chi connectivity index (χ0) is 15.0. The quantitative estimate of drug-likeness (QED) is 0.730. The van der Waals surface area contributed by atoms with Crippen LogP contribution in [0.4, 0.5) is 0 Å². The van der Waals surface area contributed by atoms with Gasteiger partial charge in [-0.1, -0.05) is 12.1 Å². The third kappa shape index (κ3) is 2.10. The van der Waals surface area contributed by atoms with Crippen molar-refractivity contribution in [3.05, 3.63) is 52.3 Å². The molecule has 0 spiro atoms. The first-order valence-electron chi connectivity index (χ1n) is 6.44. The van der Waals surface area contributed by atoms with E-state index >= 15 is 0 Å². The van der Waals surface area contributed by atoms with Gasteiger partial charge in [-0.2, -0.15) is 5.26 Å². The SMILES string of the molecule is COc1cccc(C#N)c1-n1c(=S)[nH]c2ccc(C)cc21. The molecule has 0 aliphatic rings. The molecule has 0 atom stereocenters. The van der Waals surface area contributed by atoms with Gasteiger partial charge in [-0.3, -0.25) is 4.57 Å². The van der Waals surface area contributed by atoms with Gasteiger partial charge in [0.25, 0.3) is 0 Å². The van der Waals surface area contributed by atoms with E-state index in [4.69, 9.17) is 17.0 Å². The summed E-state index contributed by atoms with van der Waals surface area (Å²) in [6.07, 6.45) is 0. The molecule has 2 aromatic carbocycles. The maximum absolute atomic E-state index is 9.39. The molecule has 0 saturated heterocycles. The monoisotopic (exact) mass is 295 g/mol. The lowest BCUT2D eigenvalue weighted by Gasteiger charge is -2.12. The van der Waals surface area contributed by atoms with E-state index in [1.54, 1.807) is 19.2 Å². The number of rotatable bonds is 2. The summed E-state index contributed by atoms with van der Waals surface area (Å²) in [6.45, 7) is 2.02. The Kier molecular flexibility index (Phi) is 3.24. The van der Waals surface area contributed by atoms with Crippen molar-refractivity contribution in [2.24, 2.45) is 0 Å². The molecule has 21 heavy (non-hydrogen) atoms. The predicted molar refractivity (Wildman–Crippen MR) is 84.5 cm³/mol. The molecule has 3 rings (SSSR count). The number of nitrogens with zero attached hydrogens (tertiary/aromatic N) is 2. The highest BCUT2D eigenvalue weighted by Crippen LogP contribution is 2.30. The number of benzene rings is 2. The van der Waals surface area contributed by atoms with Crippen LogP contribution in [0.5, 0.6) is 5.75 Å². The zero-order valence-corrected chi connectivity index (χ0v) is 12.5. The smallest absolute Gasteiger partial charge is 0.182 e. The van der Waals surface area contributed by atoms with E-state index < -0.39 is 0 Å². The van der Waals surface area contributed by atoms with Crippen molar-refractivity contribution < 1.29 is 4.74 Å². The Morgan fingerprint density at radius 2 is 2.10 bits per heavy atom. The summed E-state index contributed by atoms with van der Waals surface area (Å²) < 4.78 is 7.81. The van der Waals surface area contributed by atoms with Gasteiger partial charge in [-0.15, -0.1) is 0 Å². The Morgan fingerprint density at radius 1 is 1.29 bits per heavy atom. The lowest BCUT2D eigenvalue weighted by Crippen LogP contribution is -2.01. The Hall–Kier alpha value is -2.58. The molecule has 0 aliphatic carbocycles. The van der Waals surface area contributed by atoms with Gasteiger partial charge in [-0.05, 0) is 49.0 Å². The molecular formula is C16H13N3OS. The van der Waals surface area contributed by atoms with Gasteiger partial charge in [0.2, 0.25) is 0 Å². The second-order valence-corrected chi connectivity index (χ2v) is 5.14. The number of para-hydroxylation sites is 1. The lowest BCUT2D eigenvalue weighted by molar-refractivity contribution is 0.413.